The molecule has 0 aliphatic carbocycles. The molecule has 0 fully saturated rings. The number of thiophene rings is 1. The first-order valence-corrected chi connectivity index (χ1v) is 5.70. The van der Waals surface area contributed by atoms with Gasteiger partial charge in [-0.2, -0.15) is 0 Å². The van der Waals surface area contributed by atoms with Gasteiger partial charge in [0.2, 0.25) is 0 Å². The van der Waals surface area contributed by atoms with E-state index in [0.29, 0.717) is 6.61 Å². The Hall–Kier alpha value is -0.340. The van der Waals surface area contributed by atoms with E-state index in [0.717, 1.165) is 19.0 Å². The first kappa shape index (κ1) is 15.7. The van der Waals surface area contributed by atoms with E-state index in [1.54, 1.807) is 25.5 Å². The molecular formula is C10H18IN3OS. The molecule has 0 aromatic carbocycles. The number of hydrogen-bond acceptors (Lipinski definition) is 3. The highest BCUT2D eigenvalue weighted by Crippen LogP contribution is 2.06. The molecule has 6 heteroatoms. The number of nitrogens with one attached hydrogen (secondary N) is 2. The molecule has 16 heavy (non-hydrogen) atoms. The van der Waals surface area contributed by atoms with Gasteiger partial charge in [-0.1, -0.05) is 6.07 Å². The van der Waals surface area contributed by atoms with Gasteiger partial charge in [0.25, 0.3) is 0 Å². The molecule has 0 aliphatic rings. The molecule has 0 bridgehead atoms. The van der Waals surface area contributed by atoms with Crippen molar-refractivity contribution in [2.24, 2.45) is 4.99 Å². The van der Waals surface area contributed by atoms with Gasteiger partial charge in [-0.05, 0) is 11.4 Å². The van der Waals surface area contributed by atoms with Gasteiger partial charge >= 0.3 is 0 Å². The molecular weight excluding hydrogens is 337 g/mol. The summed E-state index contributed by atoms with van der Waals surface area (Å²) >= 11 is 1.73. The van der Waals surface area contributed by atoms with Crippen LogP contribution >= 0.6 is 35.3 Å². The molecule has 0 aliphatic heterocycles. The fourth-order valence-corrected chi connectivity index (χ4v) is 1.72. The fourth-order valence-electron chi connectivity index (χ4n) is 1.08. The summed E-state index contributed by atoms with van der Waals surface area (Å²) in [6.45, 7) is 2.25. The molecule has 1 aromatic heterocycles. The van der Waals surface area contributed by atoms with Crippen LogP contribution < -0.4 is 10.6 Å². The Kier molecular flexibility index (Phi) is 9.65. The van der Waals surface area contributed by atoms with Crippen molar-refractivity contribution >= 4 is 41.3 Å². The molecule has 92 valence electrons. The number of methoxy groups -OCH3 is 1. The second-order valence-corrected chi connectivity index (χ2v) is 3.96. The lowest BCUT2D eigenvalue weighted by Crippen LogP contribution is -2.38. The number of nitrogens with zero attached hydrogens (tertiary/aromatic N) is 1. The number of hydrogen-bond donors (Lipinski definition) is 2. The van der Waals surface area contributed by atoms with E-state index in [1.165, 1.54) is 4.88 Å². The van der Waals surface area contributed by atoms with Crippen molar-refractivity contribution in [1.29, 1.82) is 0 Å². The molecule has 1 aromatic rings. The molecule has 0 amide bonds. The predicted molar refractivity (Wildman–Crippen MR) is 79.8 cm³/mol. The zero-order chi connectivity index (χ0) is 10.9. The summed E-state index contributed by atoms with van der Waals surface area (Å²) in [4.78, 5) is 5.40. The van der Waals surface area contributed by atoms with Crippen molar-refractivity contribution in [2.75, 3.05) is 27.3 Å². The van der Waals surface area contributed by atoms with Crippen molar-refractivity contribution in [1.82, 2.24) is 10.6 Å². The summed E-state index contributed by atoms with van der Waals surface area (Å²) < 4.78 is 4.94. The average Bonchev–Trinajstić information content (AvgIpc) is 2.76. The van der Waals surface area contributed by atoms with Crippen LogP contribution in [0.5, 0.6) is 0 Å². The third-order valence-corrected chi connectivity index (χ3v) is 2.71. The third-order valence-electron chi connectivity index (χ3n) is 1.83. The molecule has 4 nitrogen and oxygen atoms in total. The molecule has 0 saturated heterocycles. The smallest absolute Gasteiger partial charge is 0.191 e. The Morgan fingerprint density at radius 1 is 1.50 bits per heavy atom. The normalized spacial score (nSPS) is 10.8. The fraction of sp³-hybridized carbons (Fsp3) is 0.500. The van der Waals surface area contributed by atoms with Crippen molar-refractivity contribution in [2.45, 2.75) is 6.54 Å². The Bertz CT molecular complexity index is 290. The zero-order valence-corrected chi connectivity index (χ0v) is 12.7. The van der Waals surface area contributed by atoms with E-state index in [4.69, 9.17) is 4.74 Å². The van der Waals surface area contributed by atoms with Crippen molar-refractivity contribution < 1.29 is 4.74 Å². The Morgan fingerprint density at radius 3 is 2.88 bits per heavy atom. The van der Waals surface area contributed by atoms with Gasteiger partial charge in [-0.3, -0.25) is 4.99 Å². The van der Waals surface area contributed by atoms with Crippen molar-refractivity contribution in [3.63, 3.8) is 0 Å². The molecule has 0 atom stereocenters. The largest absolute Gasteiger partial charge is 0.383 e. The summed E-state index contributed by atoms with van der Waals surface area (Å²) in [5.41, 5.74) is 0. The van der Waals surface area contributed by atoms with Gasteiger partial charge < -0.3 is 15.4 Å². The van der Waals surface area contributed by atoms with Crippen LogP contribution in [0.2, 0.25) is 0 Å². The van der Waals surface area contributed by atoms with Crippen LogP contribution in [0.25, 0.3) is 0 Å². The van der Waals surface area contributed by atoms with Crippen LogP contribution in [0, 0.1) is 0 Å². The zero-order valence-electron chi connectivity index (χ0n) is 9.53. The topological polar surface area (TPSA) is 45.7 Å². The lowest BCUT2D eigenvalue weighted by atomic mass is 10.5. The van der Waals surface area contributed by atoms with Crippen LogP contribution in [0.1, 0.15) is 4.88 Å². The SMILES string of the molecule is CN=C(NCCOC)NCc1cccs1.I. The highest BCUT2D eigenvalue weighted by atomic mass is 127. The second-order valence-electron chi connectivity index (χ2n) is 2.92. The maximum Gasteiger partial charge on any atom is 0.191 e. The first-order valence-electron chi connectivity index (χ1n) is 4.82. The molecule has 0 spiro atoms. The van der Waals surface area contributed by atoms with Crippen LogP contribution in [0.3, 0.4) is 0 Å². The van der Waals surface area contributed by atoms with E-state index in [1.807, 2.05) is 6.07 Å². The number of halogens is 1. The number of guanidine groups is 1. The summed E-state index contributed by atoms with van der Waals surface area (Å²) in [6, 6.07) is 4.14. The summed E-state index contributed by atoms with van der Waals surface area (Å²) in [5, 5.41) is 8.44. The number of rotatable bonds is 5. The van der Waals surface area contributed by atoms with Gasteiger partial charge in [0.15, 0.2) is 5.96 Å². The van der Waals surface area contributed by atoms with Crippen LogP contribution in [-0.2, 0) is 11.3 Å². The lowest BCUT2D eigenvalue weighted by molar-refractivity contribution is 0.203. The minimum absolute atomic E-state index is 0. The number of ether oxygens (including phenoxy) is 1. The standard InChI is InChI=1S/C10H17N3OS.HI/c1-11-10(12-5-6-14-2)13-8-9-4-3-7-15-9;/h3-4,7H,5-6,8H2,1-2H3,(H2,11,12,13);1H. The summed E-state index contributed by atoms with van der Waals surface area (Å²) in [5.74, 6) is 0.806. The van der Waals surface area contributed by atoms with E-state index in [-0.39, 0.29) is 24.0 Å². The summed E-state index contributed by atoms with van der Waals surface area (Å²) in [6.07, 6.45) is 0. The van der Waals surface area contributed by atoms with Gasteiger partial charge in [-0.25, -0.2) is 0 Å². The Morgan fingerprint density at radius 2 is 2.31 bits per heavy atom. The average molecular weight is 355 g/mol. The maximum atomic E-state index is 4.94. The van der Waals surface area contributed by atoms with Gasteiger partial charge in [-0.15, -0.1) is 35.3 Å². The van der Waals surface area contributed by atoms with E-state index < -0.39 is 0 Å². The second kappa shape index (κ2) is 9.86. The Labute approximate surface area is 118 Å². The predicted octanol–water partition coefficient (Wildman–Crippen LogP) is 1.68. The van der Waals surface area contributed by atoms with Crippen molar-refractivity contribution in [3.05, 3.63) is 22.4 Å². The minimum Gasteiger partial charge on any atom is -0.383 e. The monoisotopic (exact) mass is 355 g/mol. The molecule has 0 saturated carbocycles. The molecule has 1 heterocycles. The highest BCUT2D eigenvalue weighted by molar-refractivity contribution is 14.0. The lowest BCUT2D eigenvalue weighted by Gasteiger charge is -2.10. The van der Waals surface area contributed by atoms with E-state index in [9.17, 15) is 0 Å². The van der Waals surface area contributed by atoms with Crippen LogP contribution in [0.4, 0.5) is 0 Å². The minimum atomic E-state index is 0. The van der Waals surface area contributed by atoms with E-state index >= 15 is 0 Å². The molecule has 2 N–H and O–H groups in total. The first-order chi connectivity index (χ1) is 7.36. The van der Waals surface area contributed by atoms with Gasteiger partial charge in [0, 0.05) is 25.6 Å². The highest BCUT2D eigenvalue weighted by Gasteiger charge is 1.97. The van der Waals surface area contributed by atoms with Crippen LogP contribution in [0.15, 0.2) is 22.5 Å². The van der Waals surface area contributed by atoms with Crippen molar-refractivity contribution in [3.8, 4) is 0 Å². The number of aliphatic imine (C=N–C) groups is 1. The van der Waals surface area contributed by atoms with Crippen LogP contribution in [-0.4, -0.2) is 33.3 Å². The maximum absolute atomic E-state index is 4.94. The third kappa shape index (κ3) is 6.29. The Balaban J connectivity index is 0.00000225. The van der Waals surface area contributed by atoms with Gasteiger partial charge in [0.1, 0.15) is 0 Å². The van der Waals surface area contributed by atoms with E-state index in [2.05, 4.69) is 27.1 Å². The quantitative estimate of drug-likeness (QED) is 0.366. The molecule has 0 radical (unpaired) electrons. The molecule has 0 unspecified atom stereocenters. The van der Waals surface area contributed by atoms with Gasteiger partial charge in [0.05, 0.1) is 13.2 Å². The molecule has 1 rings (SSSR count). The summed E-state index contributed by atoms with van der Waals surface area (Å²) in [7, 11) is 3.44.